The Hall–Kier alpha value is -2.28. The quantitative estimate of drug-likeness (QED) is 0.756. The summed E-state index contributed by atoms with van der Waals surface area (Å²) in [7, 11) is 0. The van der Waals surface area contributed by atoms with Crippen LogP contribution in [0.2, 0.25) is 0 Å². The van der Waals surface area contributed by atoms with E-state index in [1.165, 1.54) is 11.3 Å². The van der Waals surface area contributed by atoms with Gasteiger partial charge in [0, 0.05) is 24.0 Å². The van der Waals surface area contributed by atoms with Crippen molar-refractivity contribution in [2.24, 2.45) is 0 Å². The molecular formula is C11H10N6S. The van der Waals surface area contributed by atoms with Crippen LogP contribution in [0.1, 0.15) is 5.69 Å². The van der Waals surface area contributed by atoms with E-state index < -0.39 is 0 Å². The maximum atomic E-state index is 5.99. The molecule has 3 aromatic rings. The van der Waals surface area contributed by atoms with Crippen LogP contribution in [0.15, 0.2) is 30.0 Å². The molecule has 0 radical (unpaired) electrons. The summed E-state index contributed by atoms with van der Waals surface area (Å²) in [5.41, 5.74) is 7.58. The molecule has 90 valence electrons. The minimum Gasteiger partial charge on any atom is -0.383 e. The van der Waals surface area contributed by atoms with Crippen LogP contribution in [-0.2, 0) is 0 Å². The minimum absolute atomic E-state index is 0.419. The summed E-state index contributed by atoms with van der Waals surface area (Å²) in [4.78, 5) is 12.9. The molecule has 0 aliphatic heterocycles. The third kappa shape index (κ3) is 1.74. The molecule has 0 spiro atoms. The first-order valence-corrected chi connectivity index (χ1v) is 6.17. The molecule has 0 saturated heterocycles. The summed E-state index contributed by atoms with van der Waals surface area (Å²) in [6, 6.07) is 1.81. The number of hydrogen-bond donors (Lipinski definition) is 1. The predicted octanol–water partition coefficient (Wildman–Crippen LogP) is 1.68. The van der Waals surface area contributed by atoms with Crippen molar-refractivity contribution in [3.05, 3.63) is 35.7 Å². The molecule has 0 atom stereocenters. The number of hydrogen-bond acceptors (Lipinski definition) is 6. The second kappa shape index (κ2) is 4.19. The summed E-state index contributed by atoms with van der Waals surface area (Å²) in [6.45, 7) is 1.89. The van der Waals surface area contributed by atoms with E-state index in [9.17, 15) is 0 Å². The van der Waals surface area contributed by atoms with Gasteiger partial charge in [-0.2, -0.15) is 10.1 Å². The van der Waals surface area contributed by atoms with Gasteiger partial charge in [-0.3, -0.25) is 0 Å². The zero-order valence-electron chi connectivity index (χ0n) is 9.61. The molecule has 0 bridgehead atoms. The van der Waals surface area contributed by atoms with Gasteiger partial charge in [-0.25, -0.2) is 14.6 Å². The van der Waals surface area contributed by atoms with Crippen LogP contribution in [0.3, 0.4) is 0 Å². The number of nitrogens with two attached hydrogens (primary N) is 1. The van der Waals surface area contributed by atoms with Crippen LogP contribution in [0, 0.1) is 6.92 Å². The van der Waals surface area contributed by atoms with Crippen molar-refractivity contribution < 1.29 is 0 Å². The van der Waals surface area contributed by atoms with Crippen LogP contribution in [0.25, 0.3) is 16.5 Å². The van der Waals surface area contributed by atoms with E-state index >= 15 is 0 Å². The van der Waals surface area contributed by atoms with Gasteiger partial charge in [0.25, 0.3) is 5.95 Å². The second-order valence-electron chi connectivity index (χ2n) is 3.66. The molecule has 3 aromatic heterocycles. The van der Waals surface area contributed by atoms with Crippen molar-refractivity contribution in [3.8, 4) is 16.5 Å². The third-order valence-corrected chi connectivity index (χ3v) is 3.25. The molecule has 0 amide bonds. The van der Waals surface area contributed by atoms with E-state index in [1.807, 2.05) is 18.4 Å². The smallest absolute Gasteiger partial charge is 0.252 e. The van der Waals surface area contributed by atoms with E-state index in [-0.39, 0.29) is 0 Å². The monoisotopic (exact) mass is 258 g/mol. The lowest BCUT2D eigenvalue weighted by molar-refractivity contribution is 0.804. The second-order valence-corrected chi connectivity index (χ2v) is 4.55. The van der Waals surface area contributed by atoms with Crippen molar-refractivity contribution in [2.45, 2.75) is 6.92 Å². The zero-order valence-corrected chi connectivity index (χ0v) is 10.4. The molecule has 2 N–H and O–H groups in total. The first kappa shape index (κ1) is 10.8. The van der Waals surface area contributed by atoms with Crippen LogP contribution in [-0.4, -0.2) is 24.7 Å². The van der Waals surface area contributed by atoms with Gasteiger partial charge in [0.05, 0.1) is 11.3 Å². The summed E-state index contributed by atoms with van der Waals surface area (Å²) in [5, 5.41) is 6.81. The lowest BCUT2D eigenvalue weighted by atomic mass is 10.2. The molecule has 0 unspecified atom stereocenters. The molecular weight excluding hydrogens is 248 g/mol. The largest absolute Gasteiger partial charge is 0.383 e. The Bertz CT molecular complexity index is 636. The van der Waals surface area contributed by atoms with Crippen molar-refractivity contribution in [3.63, 3.8) is 0 Å². The number of rotatable bonds is 2. The molecule has 0 aliphatic carbocycles. The van der Waals surface area contributed by atoms with Gasteiger partial charge in [0.2, 0.25) is 0 Å². The van der Waals surface area contributed by atoms with Crippen molar-refractivity contribution in [1.82, 2.24) is 24.7 Å². The van der Waals surface area contributed by atoms with Gasteiger partial charge in [-0.1, -0.05) is 0 Å². The maximum Gasteiger partial charge on any atom is 0.252 e. The van der Waals surface area contributed by atoms with Crippen LogP contribution in [0.4, 0.5) is 5.82 Å². The molecule has 3 heterocycles. The molecule has 6 nitrogen and oxygen atoms in total. The first-order valence-electron chi connectivity index (χ1n) is 5.29. The lowest BCUT2D eigenvalue weighted by Gasteiger charge is -2.07. The number of nitrogen functional groups attached to an aromatic ring is 1. The fourth-order valence-electron chi connectivity index (χ4n) is 1.68. The third-order valence-electron chi connectivity index (χ3n) is 2.46. The highest BCUT2D eigenvalue weighted by atomic mass is 32.1. The Morgan fingerprint density at radius 3 is 2.78 bits per heavy atom. The fourth-order valence-corrected chi connectivity index (χ4v) is 2.42. The topological polar surface area (TPSA) is 82.5 Å². The summed E-state index contributed by atoms with van der Waals surface area (Å²) in [6.07, 6.45) is 5.18. The van der Waals surface area contributed by atoms with E-state index in [0.29, 0.717) is 11.8 Å². The Balaban J connectivity index is 2.15. The first-order chi connectivity index (χ1) is 8.75. The SMILES string of the molecule is Cc1nc(-n2cccn2)nc(N)c1-c1nccs1. The van der Waals surface area contributed by atoms with E-state index in [4.69, 9.17) is 5.73 Å². The van der Waals surface area contributed by atoms with Gasteiger partial charge < -0.3 is 5.73 Å². The standard InChI is InChI=1S/C11H10N6S/c1-7-8(10-13-4-6-18-10)9(12)16-11(15-7)17-5-2-3-14-17/h2-6H,1H3,(H2,12,15,16). The highest BCUT2D eigenvalue weighted by molar-refractivity contribution is 7.13. The van der Waals surface area contributed by atoms with Gasteiger partial charge in [-0.15, -0.1) is 11.3 Å². The zero-order chi connectivity index (χ0) is 12.5. The van der Waals surface area contributed by atoms with Gasteiger partial charge in [0.15, 0.2) is 0 Å². The molecule has 0 saturated carbocycles. The molecule has 18 heavy (non-hydrogen) atoms. The minimum atomic E-state index is 0.419. The predicted molar refractivity (Wildman–Crippen MR) is 69.4 cm³/mol. The summed E-state index contributed by atoms with van der Waals surface area (Å²) >= 11 is 1.51. The average molecular weight is 258 g/mol. The molecule has 7 heteroatoms. The van der Waals surface area contributed by atoms with E-state index in [2.05, 4.69) is 20.1 Å². The van der Waals surface area contributed by atoms with Gasteiger partial charge in [-0.05, 0) is 13.0 Å². The normalized spacial score (nSPS) is 10.7. The number of nitrogens with zero attached hydrogens (tertiary/aromatic N) is 5. The Morgan fingerprint density at radius 2 is 2.17 bits per heavy atom. The Kier molecular flexibility index (Phi) is 2.52. The number of anilines is 1. The maximum absolute atomic E-state index is 5.99. The number of aromatic nitrogens is 5. The van der Waals surface area contributed by atoms with Crippen molar-refractivity contribution in [2.75, 3.05) is 5.73 Å². The van der Waals surface area contributed by atoms with Crippen molar-refractivity contribution in [1.29, 1.82) is 0 Å². The summed E-state index contributed by atoms with van der Waals surface area (Å²) in [5.74, 6) is 0.887. The molecule has 0 aliphatic rings. The van der Waals surface area contributed by atoms with E-state index in [0.717, 1.165) is 16.3 Å². The van der Waals surface area contributed by atoms with Crippen molar-refractivity contribution >= 4 is 17.2 Å². The number of thiazole rings is 1. The Morgan fingerprint density at radius 1 is 1.28 bits per heavy atom. The highest BCUT2D eigenvalue weighted by Gasteiger charge is 2.14. The lowest BCUT2D eigenvalue weighted by Crippen LogP contribution is -2.07. The van der Waals surface area contributed by atoms with Crippen LogP contribution in [0.5, 0.6) is 0 Å². The number of aryl methyl sites for hydroxylation is 1. The molecule has 3 rings (SSSR count). The molecule has 0 aromatic carbocycles. The fraction of sp³-hybridized carbons (Fsp3) is 0.0909. The summed E-state index contributed by atoms with van der Waals surface area (Å²) < 4.78 is 1.58. The average Bonchev–Trinajstić information content (AvgIpc) is 3.01. The Labute approximate surface area is 107 Å². The van der Waals surface area contributed by atoms with Crippen LogP contribution >= 0.6 is 11.3 Å². The van der Waals surface area contributed by atoms with Crippen LogP contribution < -0.4 is 5.73 Å². The van der Waals surface area contributed by atoms with Gasteiger partial charge in [0.1, 0.15) is 10.8 Å². The van der Waals surface area contributed by atoms with Gasteiger partial charge >= 0.3 is 0 Å². The molecule has 0 fully saturated rings. The van der Waals surface area contributed by atoms with E-state index in [1.54, 1.807) is 23.3 Å². The highest BCUT2D eigenvalue weighted by Crippen LogP contribution is 2.29.